The number of anilines is 1. The maximum atomic E-state index is 13.5. The van der Waals surface area contributed by atoms with Gasteiger partial charge in [0.2, 0.25) is 11.8 Å². The number of hydrogen-bond acceptors (Lipinski definition) is 4. The molecule has 3 rings (SSSR count). The van der Waals surface area contributed by atoms with E-state index in [0.29, 0.717) is 6.07 Å². The van der Waals surface area contributed by atoms with Crippen LogP contribution in [-0.4, -0.2) is 28.1 Å². The van der Waals surface area contributed by atoms with Gasteiger partial charge >= 0.3 is 0 Å². The second-order valence-corrected chi connectivity index (χ2v) is 6.24. The summed E-state index contributed by atoms with van der Waals surface area (Å²) in [6.07, 6.45) is -0.235. The maximum absolute atomic E-state index is 13.5. The quantitative estimate of drug-likeness (QED) is 0.521. The Hall–Kier alpha value is -3.89. The lowest BCUT2D eigenvalue weighted by Crippen LogP contribution is -2.35. The van der Waals surface area contributed by atoms with Gasteiger partial charge in [0.05, 0.1) is 29.5 Å². The molecule has 11 heteroatoms. The third-order valence-corrected chi connectivity index (χ3v) is 4.20. The summed E-state index contributed by atoms with van der Waals surface area (Å²) in [5.74, 6) is -6.19. The average Bonchev–Trinajstić information content (AvgIpc) is 2.74. The topological polar surface area (TPSA) is 113 Å². The molecular weight excluding hydrogens is 405 g/mol. The fourth-order valence-electron chi connectivity index (χ4n) is 2.70. The van der Waals surface area contributed by atoms with Crippen LogP contribution >= 0.6 is 0 Å². The minimum atomic E-state index is -1.73. The van der Waals surface area contributed by atoms with Crippen LogP contribution in [0.3, 0.4) is 0 Å². The number of halogens is 3. The van der Waals surface area contributed by atoms with Crippen molar-refractivity contribution in [2.75, 3.05) is 11.9 Å². The smallest absolute Gasteiger partial charge is 0.273 e. The molecule has 0 saturated carbocycles. The monoisotopic (exact) mass is 420 g/mol. The highest BCUT2D eigenvalue weighted by molar-refractivity contribution is 5.94. The highest BCUT2D eigenvalue weighted by Crippen LogP contribution is 2.19. The van der Waals surface area contributed by atoms with Crippen molar-refractivity contribution in [3.05, 3.63) is 74.6 Å². The summed E-state index contributed by atoms with van der Waals surface area (Å²) >= 11 is 0. The number of carbonyl (C=O) groups excluding carboxylic acids is 2. The van der Waals surface area contributed by atoms with Crippen molar-refractivity contribution in [3.63, 3.8) is 0 Å². The fraction of sp³-hybridized carbons (Fsp3) is 0.158. The van der Waals surface area contributed by atoms with E-state index < -0.39 is 52.6 Å². The molecule has 30 heavy (non-hydrogen) atoms. The number of nitrogens with one attached hydrogen (secondary N) is 3. The van der Waals surface area contributed by atoms with Gasteiger partial charge in [-0.2, -0.15) is 0 Å². The highest BCUT2D eigenvalue weighted by atomic mass is 19.2. The summed E-state index contributed by atoms with van der Waals surface area (Å²) in [6.45, 7) is -0.718. The number of amides is 2. The summed E-state index contributed by atoms with van der Waals surface area (Å²) < 4.78 is 40.6. The molecule has 0 fully saturated rings. The molecule has 1 aromatic heterocycles. The first-order valence-corrected chi connectivity index (χ1v) is 8.70. The minimum absolute atomic E-state index is 0.149. The lowest BCUT2D eigenvalue weighted by molar-refractivity contribution is -0.124. The predicted molar refractivity (Wildman–Crippen MR) is 101 cm³/mol. The molecule has 8 nitrogen and oxygen atoms in total. The van der Waals surface area contributed by atoms with E-state index in [0.717, 1.165) is 10.7 Å². The van der Waals surface area contributed by atoms with Crippen LogP contribution in [0.4, 0.5) is 18.9 Å². The normalized spacial score (nSPS) is 10.8. The Morgan fingerprint density at radius 3 is 2.37 bits per heavy atom. The first-order chi connectivity index (χ1) is 14.3. The van der Waals surface area contributed by atoms with Crippen molar-refractivity contribution in [1.82, 2.24) is 15.1 Å². The minimum Gasteiger partial charge on any atom is -0.347 e. The van der Waals surface area contributed by atoms with Crippen molar-refractivity contribution in [3.8, 4) is 0 Å². The molecule has 3 N–H and O–H groups in total. The van der Waals surface area contributed by atoms with E-state index >= 15 is 0 Å². The maximum Gasteiger partial charge on any atom is 0.273 e. The van der Waals surface area contributed by atoms with Gasteiger partial charge in [0, 0.05) is 6.42 Å². The number of aryl methyl sites for hydroxylation is 1. The third kappa shape index (κ3) is 4.40. The molecule has 0 radical (unpaired) electrons. The number of nitrogens with zero attached hydrogens (tertiary/aromatic N) is 1. The lowest BCUT2D eigenvalue weighted by Gasteiger charge is -2.09. The van der Waals surface area contributed by atoms with Gasteiger partial charge in [0.25, 0.3) is 11.1 Å². The molecule has 0 bridgehead atoms. The third-order valence-electron chi connectivity index (χ3n) is 4.20. The molecule has 0 spiro atoms. The first kappa shape index (κ1) is 20.8. The number of aromatic nitrogens is 2. The van der Waals surface area contributed by atoms with Crippen LogP contribution in [0.1, 0.15) is 6.42 Å². The van der Waals surface area contributed by atoms with Crippen LogP contribution in [0.5, 0.6) is 0 Å². The van der Waals surface area contributed by atoms with Crippen LogP contribution in [-0.2, 0) is 16.1 Å². The lowest BCUT2D eigenvalue weighted by atomic mass is 10.2. The summed E-state index contributed by atoms with van der Waals surface area (Å²) in [7, 11) is 0. The molecule has 156 valence electrons. The van der Waals surface area contributed by atoms with Crippen LogP contribution in [0.2, 0.25) is 0 Å². The molecule has 2 amide bonds. The van der Waals surface area contributed by atoms with E-state index in [-0.39, 0.29) is 23.7 Å². The zero-order valence-corrected chi connectivity index (χ0v) is 15.3. The van der Waals surface area contributed by atoms with E-state index in [4.69, 9.17) is 0 Å². The van der Waals surface area contributed by atoms with Gasteiger partial charge in [-0.3, -0.25) is 24.3 Å². The molecule has 3 aromatic rings. The molecule has 0 saturated heterocycles. The number of fused-ring (bicyclic) bond motifs is 1. The summed E-state index contributed by atoms with van der Waals surface area (Å²) in [5.41, 5.74) is -1.54. The van der Waals surface area contributed by atoms with Gasteiger partial charge in [0.1, 0.15) is 0 Å². The van der Waals surface area contributed by atoms with Gasteiger partial charge in [-0.1, -0.05) is 12.1 Å². The van der Waals surface area contributed by atoms with Crippen molar-refractivity contribution in [2.45, 2.75) is 13.0 Å². The molecular formula is C19H15F3N4O4. The van der Waals surface area contributed by atoms with Gasteiger partial charge in [-0.05, 0) is 24.3 Å². The average molecular weight is 420 g/mol. The van der Waals surface area contributed by atoms with Gasteiger partial charge < -0.3 is 10.6 Å². The van der Waals surface area contributed by atoms with Gasteiger partial charge in [-0.25, -0.2) is 17.9 Å². The standard InChI is InChI=1S/C19H15F3N4O4/c20-12-5-6-13(17(22)16(12)21)24-15(28)9-23-14(27)7-8-26-19(30)11-4-2-1-3-10(11)18(29)25-26/h1-6H,7-9H2,(H,23,27)(H,24,28)(H,25,29). The van der Waals surface area contributed by atoms with Crippen LogP contribution in [0.15, 0.2) is 46.0 Å². The Balaban J connectivity index is 1.57. The number of benzene rings is 2. The van der Waals surface area contributed by atoms with E-state index in [1.54, 1.807) is 12.1 Å². The summed E-state index contributed by atoms with van der Waals surface area (Å²) in [4.78, 5) is 48.0. The Bertz CT molecular complexity index is 1250. The molecule has 0 atom stereocenters. The van der Waals surface area contributed by atoms with Gasteiger partial charge in [0.15, 0.2) is 17.5 Å². The van der Waals surface area contributed by atoms with Crippen LogP contribution in [0.25, 0.3) is 10.8 Å². The largest absolute Gasteiger partial charge is 0.347 e. The van der Waals surface area contributed by atoms with Crippen molar-refractivity contribution in [1.29, 1.82) is 0 Å². The zero-order valence-electron chi connectivity index (χ0n) is 15.3. The number of aromatic amines is 1. The molecule has 0 aliphatic rings. The molecule has 0 aliphatic carbocycles. The Kier molecular flexibility index (Phi) is 6.00. The molecule has 0 unspecified atom stereocenters. The van der Waals surface area contributed by atoms with Gasteiger partial charge in [-0.15, -0.1) is 0 Å². The van der Waals surface area contributed by atoms with Crippen LogP contribution < -0.4 is 21.8 Å². The van der Waals surface area contributed by atoms with Crippen molar-refractivity contribution >= 4 is 28.3 Å². The number of rotatable bonds is 6. The van der Waals surface area contributed by atoms with E-state index in [2.05, 4.69) is 10.4 Å². The molecule has 0 aliphatic heterocycles. The van der Waals surface area contributed by atoms with Crippen LogP contribution in [0, 0.1) is 17.5 Å². The van der Waals surface area contributed by atoms with E-state index in [1.165, 1.54) is 12.1 Å². The first-order valence-electron chi connectivity index (χ1n) is 8.70. The fourth-order valence-corrected chi connectivity index (χ4v) is 2.70. The number of H-pyrrole nitrogens is 1. The number of carbonyl (C=O) groups is 2. The van der Waals surface area contributed by atoms with Crippen molar-refractivity contribution < 1.29 is 22.8 Å². The van der Waals surface area contributed by atoms with E-state index in [1.807, 2.05) is 5.32 Å². The highest BCUT2D eigenvalue weighted by Gasteiger charge is 2.15. The zero-order chi connectivity index (χ0) is 21.8. The Morgan fingerprint density at radius 2 is 1.63 bits per heavy atom. The summed E-state index contributed by atoms with van der Waals surface area (Å²) in [5, 5.41) is 7.05. The summed E-state index contributed by atoms with van der Waals surface area (Å²) in [6, 6.07) is 7.71. The Morgan fingerprint density at radius 1 is 0.933 bits per heavy atom. The molecule has 2 aromatic carbocycles. The second-order valence-electron chi connectivity index (χ2n) is 6.24. The molecule has 1 heterocycles. The Labute approximate surface area is 166 Å². The second kappa shape index (κ2) is 8.64. The number of hydrogen-bond donors (Lipinski definition) is 3. The predicted octanol–water partition coefficient (Wildman–Crippen LogP) is 1.25. The van der Waals surface area contributed by atoms with Crippen molar-refractivity contribution in [2.24, 2.45) is 0 Å². The van der Waals surface area contributed by atoms with E-state index in [9.17, 15) is 32.3 Å². The SMILES string of the molecule is O=C(CCn1[nH]c(=O)c2ccccc2c1=O)NCC(=O)Nc1ccc(F)c(F)c1F.